The highest BCUT2D eigenvalue weighted by Gasteiger charge is 2.33. The van der Waals surface area contributed by atoms with Gasteiger partial charge in [0.1, 0.15) is 30.2 Å². The summed E-state index contributed by atoms with van der Waals surface area (Å²) in [5.41, 5.74) is 3.28. The molecule has 0 saturated carbocycles. The highest BCUT2D eigenvalue weighted by molar-refractivity contribution is 5.66. The van der Waals surface area contributed by atoms with Gasteiger partial charge in [0.15, 0.2) is 11.5 Å². The minimum atomic E-state index is -0.230. The molecule has 3 aromatic heterocycles. The number of phenolic OH excluding ortho intramolecular Hbond substituents is 1. The van der Waals surface area contributed by atoms with Gasteiger partial charge in [0.2, 0.25) is 5.88 Å². The molecule has 8 nitrogen and oxygen atoms in total. The van der Waals surface area contributed by atoms with Crippen molar-refractivity contribution in [3.05, 3.63) is 102 Å². The molecule has 0 spiro atoms. The Kier molecular flexibility index (Phi) is 4.21. The maximum atomic E-state index is 9.97. The first-order chi connectivity index (χ1) is 15.8. The van der Waals surface area contributed by atoms with Gasteiger partial charge >= 0.3 is 0 Å². The molecule has 1 aliphatic rings. The molecule has 8 heteroatoms. The molecule has 1 aliphatic heterocycles. The number of hydrogen-bond donors (Lipinski definition) is 1. The Morgan fingerprint density at radius 1 is 1.06 bits per heavy atom. The molecule has 0 saturated heterocycles. The van der Waals surface area contributed by atoms with Crippen LogP contribution >= 0.6 is 0 Å². The van der Waals surface area contributed by atoms with E-state index in [1.54, 1.807) is 29.2 Å². The first kappa shape index (κ1) is 18.3. The van der Waals surface area contributed by atoms with Gasteiger partial charge in [-0.3, -0.25) is 4.98 Å². The lowest BCUT2D eigenvalue weighted by Crippen LogP contribution is -2.15. The van der Waals surface area contributed by atoms with Gasteiger partial charge in [-0.15, -0.1) is 5.10 Å². The molecular weight excluding hydrogens is 406 g/mol. The van der Waals surface area contributed by atoms with Crippen LogP contribution in [-0.4, -0.2) is 29.7 Å². The zero-order chi connectivity index (χ0) is 21.5. The van der Waals surface area contributed by atoms with Gasteiger partial charge in [0, 0.05) is 29.9 Å². The molecule has 0 unspecified atom stereocenters. The summed E-state index contributed by atoms with van der Waals surface area (Å²) in [5.74, 6) is 2.15. The van der Waals surface area contributed by atoms with Crippen LogP contribution in [0.3, 0.4) is 0 Å². The maximum absolute atomic E-state index is 9.97. The van der Waals surface area contributed by atoms with Crippen molar-refractivity contribution in [2.75, 3.05) is 0 Å². The fourth-order valence-electron chi connectivity index (χ4n) is 3.97. The van der Waals surface area contributed by atoms with Crippen molar-refractivity contribution in [1.29, 1.82) is 0 Å². The number of phenols is 1. The Bertz CT molecular complexity index is 1420. The van der Waals surface area contributed by atoms with E-state index in [0.717, 1.165) is 22.4 Å². The van der Waals surface area contributed by atoms with Crippen LogP contribution in [0.5, 0.6) is 23.1 Å². The fraction of sp³-hybridized carbons (Fsp3) is 0.0833. The number of aromatic hydroxyl groups is 1. The number of pyridine rings is 1. The minimum absolute atomic E-state index is 0.126. The van der Waals surface area contributed by atoms with Gasteiger partial charge in [-0.25, -0.2) is 14.5 Å². The number of rotatable bonds is 4. The lowest BCUT2D eigenvalue weighted by atomic mass is 9.84. The van der Waals surface area contributed by atoms with Gasteiger partial charge < -0.3 is 14.6 Å². The zero-order valence-corrected chi connectivity index (χ0v) is 16.8. The smallest absolute Gasteiger partial charge is 0.228 e. The number of nitrogens with zero attached hydrogens (tertiary/aromatic N) is 5. The van der Waals surface area contributed by atoms with Gasteiger partial charge in [-0.1, -0.05) is 30.3 Å². The normalized spacial score (nSPS) is 14.4. The molecule has 0 aliphatic carbocycles. The number of hydrogen-bond acceptors (Lipinski definition) is 7. The van der Waals surface area contributed by atoms with E-state index in [1.807, 2.05) is 54.7 Å². The minimum Gasteiger partial charge on any atom is -0.508 e. The molecule has 2 aromatic carbocycles. The van der Waals surface area contributed by atoms with Crippen LogP contribution in [0.2, 0.25) is 0 Å². The Morgan fingerprint density at radius 3 is 2.81 bits per heavy atom. The summed E-state index contributed by atoms with van der Waals surface area (Å²) in [7, 11) is 0. The van der Waals surface area contributed by atoms with Crippen molar-refractivity contribution in [3.63, 3.8) is 0 Å². The molecule has 0 bridgehead atoms. The van der Waals surface area contributed by atoms with Crippen LogP contribution in [0.4, 0.5) is 0 Å². The number of benzene rings is 2. The molecule has 0 radical (unpaired) electrons. The number of aromatic nitrogens is 5. The SMILES string of the molecule is Oc1ccc2c(c1)Oc1ncn3nc(COc4ccccc4)nc3c1[C@H]2c1cccnc1. The van der Waals surface area contributed by atoms with Crippen molar-refractivity contribution in [1.82, 2.24) is 24.6 Å². The summed E-state index contributed by atoms with van der Waals surface area (Å²) in [6.07, 6.45) is 5.12. The van der Waals surface area contributed by atoms with E-state index >= 15 is 0 Å². The Balaban J connectivity index is 1.47. The second-order valence-electron chi connectivity index (χ2n) is 7.40. The topological polar surface area (TPSA) is 94.7 Å². The zero-order valence-electron chi connectivity index (χ0n) is 16.8. The highest BCUT2D eigenvalue weighted by atomic mass is 16.5. The van der Waals surface area contributed by atoms with E-state index in [1.165, 1.54) is 0 Å². The fourth-order valence-corrected chi connectivity index (χ4v) is 3.97. The average molecular weight is 423 g/mol. The van der Waals surface area contributed by atoms with Crippen molar-refractivity contribution in [3.8, 4) is 23.1 Å². The van der Waals surface area contributed by atoms with Gasteiger partial charge in [0.25, 0.3) is 0 Å². The van der Waals surface area contributed by atoms with Crippen molar-refractivity contribution in [2.45, 2.75) is 12.5 Å². The van der Waals surface area contributed by atoms with E-state index in [4.69, 9.17) is 14.5 Å². The van der Waals surface area contributed by atoms with E-state index < -0.39 is 0 Å². The second-order valence-corrected chi connectivity index (χ2v) is 7.40. The standard InChI is InChI=1S/C24H17N5O3/c30-16-8-9-18-19(11-16)32-24-22(21(18)15-5-4-10-25-12-15)23-27-20(28-29(23)14-26-24)13-31-17-6-2-1-3-7-17/h1-12,14,21,30H,13H2/t21-/m0/s1. The highest BCUT2D eigenvalue weighted by Crippen LogP contribution is 2.48. The van der Waals surface area contributed by atoms with Crippen molar-refractivity contribution < 1.29 is 14.6 Å². The molecule has 0 amide bonds. The lowest BCUT2D eigenvalue weighted by Gasteiger charge is -2.27. The molecule has 1 atom stereocenters. The summed E-state index contributed by atoms with van der Waals surface area (Å²) >= 11 is 0. The number of ether oxygens (including phenoxy) is 2. The molecule has 6 rings (SSSR count). The second kappa shape index (κ2) is 7.35. The van der Waals surface area contributed by atoms with Gasteiger partial charge in [0.05, 0.1) is 5.56 Å². The monoisotopic (exact) mass is 423 g/mol. The molecular formula is C24H17N5O3. The average Bonchev–Trinajstić information content (AvgIpc) is 3.26. The lowest BCUT2D eigenvalue weighted by molar-refractivity contribution is 0.296. The number of fused-ring (bicyclic) bond motifs is 4. The van der Waals surface area contributed by atoms with E-state index in [-0.39, 0.29) is 18.3 Å². The maximum Gasteiger partial charge on any atom is 0.228 e. The van der Waals surface area contributed by atoms with Crippen molar-refractivity contribution >= 4 is 5.65 Å². The Morgan fingerprint density at radius 2 is 1.97 bits per heavy atom. The largest absolute Gasteiger partial charge is 0.508 e. The van der Waals surface area contributed by atoms with Gasteiger partial charge in [-0.05, 0) is 29.8 Å². The quantitative estimate of drug-likeness (QED) is 0.456. The van der Waals surface area contributed by atoms with Crippen LogP contribution in [0, 0.1) is 0 Å². The molecule has 5 aromatic rings. The molecule has 32 heavy (non-hydrogen) atoms. The van der Waals surface area contributed by atoms with Crippen LogP contribution in [0.15, 0.2) is 79.4 Å². The molecule has 4 heterocycles. The first-order valence-electron chi connectivity index (χ1n) is 10.1. The summed E-state index contributed by atoms with van der Waals surface area (Å²) in [5, 5.41) is 14.5. The van der Waals surface area contributed by atoms with E-state index in [0.29, 0.717) is 23.1 Å². The number of para-hydroxylation sites is 1. The van der Waals surface area contributed by atoms with Crippen LogP contribution in [0.25, 0.3) is 5.65 Å². The predicted molar refractivity (Wildman–Crippen MR) is 115 cm³/mol. The first-order valence-corrected chi connectivity index (χ1v) is 10.1. The van der Waals surface area contributed by atoms with Crippen molar-refractivity contribution in [2.24, 2.45) is 0 Å². The molecule has 156 valence electrons. The summed E-state index contributed by atoms with van der Waals surface area (Å²) in [6, 6.07) is 18.5. The summed E-state index contributed by atoms with van der Waals surface area (Å²) < 4.78 is 13.5. The third-order valence-corrected chi connectivity index (χ3v) is 5.36. The molecule has 0 fully saturated rings. The van der Waals surface area contributed by atoms with E-state index in [9.17, 15) is 5.11 Å². The van der Waals surface area contributed by atoms with E-state index in [2.05, 4.69) is 15.1 Å². The Hall–Kier alpha value is -4.46. The van der Waals surface area contributed by atoms with Crippen LogP contribution in [-0.2, 0) is 6.61 Å². The van der Waals surface area contributed by atoms with Crippen LogP contribution in [0.1, 0.15) is 28.4 Å². The Labute approximate surface area is 182 Å². The summed E-state index contributed by atoms with van der Waals surface area (Å²) in [6.45, 7) is 0.226. The molecule has 1 N–H and O–H groups in total. The predicted octanol–water partition coefficient (Wildman–Crippen LogP) is 4.09. The third-order valence-electron chi connectivity index (χ3n) is 5.36. The third kappa shape index (κ3) is 3.09. The van der Waals surface area contributed by atoms with Gasteiger partial charge in [-0.2, -0.15) is 0 Å². The van der Waals surface area contributed by atoms with Crippen LogP contribution < -0.4 is 9.47 Å². The summed E-state index contributed by atoms with van der Waals surface area (Å²) in [4.78, 5) is 13.5.